The number of rotatable bonds is 7. The minimum absolute atomic E-state index is 0. The number of ether oxygens (including phenoxy) is 2. The van der Waals surface area contributed by atoms with Gasteiger partial charge >= 0.3 is 0 Å². The van der Waals surface area contributed by atoms with Crippen LogP contribution in [0, 0.1) is 0 Å². The number of aliphatic imine (C=N–C) groups is 1. The van der Waals surface area contributed by atoms with Crippen LogP contribution in [0.4, 0.5) is 0 Å². The minimum atomic E-state index is 0. The maximum atomic E-state index is 5.44. The molecule has 158 valence electrons. The molecule has 0 saturated heterocycles. The average molecular weight is 519 g/mol. The second kappa shape index (κ2) is 10.9. The zero-order chi connectivity index (χ0) is 19.9. The van der Waals surface area contributed by atoms with Crippen molar-refractivity contribution in [1.29, 1.82) is 0 Å². The lowest BCUT2D eigenvalue weighted by molar-refractivity contribution is 0.174. The number of hydrogen-bond acceptors (Lipinski definition) is 4. The third-order valence-corrected chi connectivity index (χ3v) is 4.61. The first kappa shape index (κ1) is 21.9. The molecule has 0 atom stereocenters. The second-order valence-electron chi connectivity index (χ2n) is 6.68. The topological polar surface area (TPSA) is 72.7 Å². The Morgan fingerprint density at radius 3 is 2.63 bits per heavy atom. The van der Waals surface area contributed by atoms with Gasteiger partial charge in [0.2, 0.25) is 6.79 Å². The highest BCUT2D eigenvalue weighted by Gasteiger charge is 2.12. The van der Waals surface area contributed by atoms with Gasteiger partial charge in [-0.2, -0.15) is 5.10 Å². The van der Waals surface area contributed by atoms with Gasteiger partial charge in [0.1, 0.15) is 0 Å². The lowest BCUT2D eigenvalue weighted by Gasteiger charge is -2.12. The first-order chi connectivity index (χ1) is 14.3. The summed E-state index contributed by atoms with van der Waals surface area (Å²) in [7, 11) is 0. The summed E-state index contributed by atoms with van der Waals surface area (Å²) in [6.07, 6.45) is 4.58. The maximum absolute atomic E-state index is 5.44. The average Bonchev–Trinajstić information content (AvgIpc) is 3.44. The van der Waals surface area contributed by atoms with Gasteiger partial charge in [-0.05, 0) is 54.8 Å². The van der Waals surface area contributed by atoms with E-state index in [1.807, 2.05) is 29.1 Å². The Bertz CT molecular complexity index is 958. The molecule has 30 heavy (non-hydrogen) atoms. The second-order valence-corrected chi connectivity index (χ2v) is 6.68. The molecule has 0 spiro atoms. The number of benzene rings is 2. The van der Waals surface area contributed by atoms with Crippen LogP contribution in [0.15, 0.2) is 65.9 Å². The van der Waals surface area contributed by atoms with E-state index in [1.165, 1.54) is 5.56 Å². The Morgan fingerprint density at radius 2 is 1.87 bits per heavy atom. The number of nitrogens with zero attached hydrogens (tertiary/aromatic N) is 3. The van der Waals surface area contributed by atoms with Crippen LogP contribution in [-0.4, -0.2) is 35.6 Å². The van der Waals surface area contributed by atoms with E-state index >= 15 is 0 Å². The number of halogens is 1. The van der Waals surface area contributed by atoms with E-state index in [9.17, 15) is 0 Å². The molecule has 0 saturated carbocycles. The van der Waals surface area contributed by atoms with Crippen LogP contribution in [0.25, 0.3) is 5.69 Å². The Labute approximate surface area is 193 Å². The van der Waals surface area contributed by atoms with Crippen LogP contribution < -0.4 is 20.1 Å². The Morgan fingerprint density at radius 1 is 1.07 bits per heavy atom. The molecule has 1 aliphatic rings. The van der Waals surface area contributed by atoms with Crippen molar-refractivity contribution in [2.75, 3.05) is 19.9 Å². The summed E-state index contributed by atoms with van der Waals surface area (Å²) >= 11 is 0. The molecule has 1 aliphatic heterocycles. The molecule has 2 N–H and O–H groups in total. The number of hydrogen-bond donors (Lipinski definition) is 2. The molecule has 2 aromatic carbocycles. The molecule has 0 amide bonds. The van der Waals surface area contributed by atoms with Crippen LogP contribution in [0.2, 0.25) is 0 Å². The van der Waals surface area contributed by atoms with Crippen molar-refractivity contribution in [1.82, 2.24) is 20.4 Å². The van der Waals surface area contributed by atoms with E-state index in [1.54, 1.807) is 6.20 Å². The number of guanidine groups is 1. The van der Waals surface area contributed by atoms with Gasteiger partial charge in [-0.15, -0.1) is 24.0 Å². The third kappa shape index (κ3) is 5.65. The maximum Gasteiger partial charge on any atom is 0.231 e. The van der Waals surface area contributed by atoms with E-state index in [0.29, 0.717) is 13.3 Å². The van der Waals surface area contributed by atoms with E-state index in [0.717, 1.165) is 48.2 Å². The van der Waals surface area contributed by atoms with Crippen LogP contribution in [-0.2, 0) is 13.0 Å². The van der Waals surface area contributed by atoms with Gasteiger partial charge in [0.25, 0.3) is 0 Å². The fourth-order valence-corrected chi connectivity index (χ4v) is 3.11. The fourth-order valence-electron chi connectivity index (χ4n) is 3.11. The van der Waals surface area contributed by atoms with Gasteiger partial charge in [-0.1, -0.05) is 18.2 Å². The van der Waals surface area contributed by atoms with Crippen LogP contribution in [0.5, 0.6) is 11.5 Å². The first-order valence-electron chi connectivity index (χ1n) is 9.81. The summed E-state index contributed by atoms with van der Waals surface area (Å²) in [6.45, 7) is 4.57. The first-order valence-corrected chi connectivity index (χ1v) is 9.81. The van der Waals surface area contributed by atoms with Crippen LogP contribution in [0.3, 0.4) is 0 Å². The number of nitrogens with one attached hydrogen (secondary N) is 2. The molecule has 4 rings (SSSR count). The van der Waals surface area contributed by atoms with Gasteiger partial charge in [0, 0.05) is 25.5 Å². The highest BCUT2D eigenvalue weighted by atomic mass is 127. The van der Waals surface area contributed by atoms with Gasteiger partial charge in [0.05, 0.1) is 12.2 Å². The van der Waals surface area contributed by atoms with Crippen molar-refractivity contribution in [3.05, 3.63) is 72.1 Å². The summed E-state index contributed by atoms with van der Waals surface area (Å²) in [5.41, 5.74) is 3.39. The van der Waals surface area contributed by atoms with Gasteiger partial charge in [0.15, 0.2) is 17.5 Å². The molecule has 0 radical (unpaired) electrons. The zero-order valence-corrected chi connectivity index (χ0v) is 19.2. The monoisotopic (exact) mass is 519 g/mol. The van der Waals surface area contributed by atoms with E-state index < -0.39 is 0 Å². The number of fused-ring (bicyclic) bond motifs is 1. The fraction of sp³-hybridized carbons (Fsp3) is 0.273. The third-order valence-electron chi connectivity index (χ3n) is 4.61. The van der Waals surface area contributed by atoms with Crippen molar-refractivity contribution in [3.63, 3.8) is 0 Å². The van der Waals surface area contributed by atoms with Crippen molar-refractivity contribution in [2.45, 2.75) is 19.9 Å². The number of aromatic nitrogens is 2. The Hall–Kier alpha value is -2.75. The molecule has 8 heteroatoms. The van der Waals surface area contributed by atoms with Crippen molar-refractivity contribution in [3.8, 4) is 17.2 Å². The highest BCUT2D eigenvalue weighted by molar-refractivity contribution is 14.0. The molecule has 3 aromatic rings. The van der Waals surface area contributed by atoms with Crippen LogP contribution >= 0.6 is 24.0 Å². The molecular weight excluding hydrogens is 493 g/mol. The summed E-state index contributed by atoms with van der Waals surface area (Å²) in [4.78, 5) is 4.69. The van der Waals surface area contributed by atoms with E-state index in [4.69, 9.17) is 14.5 Å². The van der Waals surface area contributed by atoms with Gasteiger partial charge in [-0.3, -0.25) is 0 Å². The molecule has 7 nitrogen and oxygen atoms in total. The van der Waals surface area contributed by atoms with Gasteiger partial charge in [-0.25, -0.2) is 9.67 Å². The summed E-state index contributed by atoms with van der Waals surface area (Å²) < 4.78 is 12.6. The molecular formula is C22H26IN5O2. The smallest absolute Gasteiger partial charge is 0.231 e. The predicted octanol–water partition coefficient (Wildman–Crippen LogP) is 3.52. The highest BCUT2D eigenvalue weighted by Crippen LogP contribution is 2.32. The summed E-state index contributed by atoms with van der Waals surface area (Å²) in [5.74, 6) is 2.45. The predicted molar refractivity (Wildman–Crippen MR) is 128 cm³/mol. The molecule has 1 aromatic heterocycles. The standard InChI is InChI=1S/C22H25N5O2.HI/c1-2-23-22(24-12-10-17-6-9-20-21(14-17)29-16-28-20)25-15-18-4-7-19(8-5-18)27-13-3-11-26-27;/h3-9,11,13-14H,2,10,12,15-16H2,1H3,(H2,23,24,25);1H. The Balaban J connectivity index is 0.00000256. The quantitative estimate of drug-likeness (QED) is 0.284. The van der Waals surface area contributed by atoms with Crippen molar-refractivity contribution in [2.24, 2.45) is 4.99 Å². The molecule has 2 heterocycles. The SMILES string of the molecule is CCNC(=NCc1ccc(-n2cccn2)cc1)NCCc1ccc2c(c1)OCO2.I. The lowest BCUT2D eigenvalue weighted by atomic mass is 10.1. The summed E-state index contributed by atoms with van der Waals surface area (Å²) in [6, 6.07) is 16.2. The molecule has 0 fully saturated rings. The largest absolute Gasteiger partial charge is 0.454 e. The van der Waals surface area contributed by atoms with Crippen LogP contribution in [0.1, 0.15) is 18.1 Å². The molecule has 0 aliphatic carbocycles. The molecule has 0 unspecified atom stereocenters. The van der Waals surface area contributed by atoms with Crippen molar-refractivity contribution >= 4 is 29.9 Å². The molecule has 0 bridgehead atoms. The summed E-state index contributed by atoms with van der Waals surface area (Å²) in [5, 5.41) is 10.9. The van der Waals surface area contributed by atoms with Gasteiger partial charge < -0.3 is 20.1 Å². The zero-order valence-electron chi connectivity index (χ0n) is 16.9. The normalized spacial score (nSPS) is 12.4. The van der Waals surface area contributed by atoms with E-state index in [2.05, 4.69) is 53.0 Å². The Kier molecular flexibility index (Phi) is 7.95. The van der Waals surface area contributed by atoms with E-state index in [-0.39, 0.29) is 24.0 Å². The van der Waals surface area contributed by atoms with Crippen molar-refractivity contribution < 1.29 is 9.47 Å². The lowest BCUT2D eigenvalue weighted by Crippen LogP contribution is -2.38. The minimum Gasteiger partial charge on any atom is -0.454 e.